The molecule has 1 atom stereocenters. The number of nitrogens with one attached hydrogen (secondary N) is 1. The Kier molecular flexibility index (Phi) is 7.26. The van der Waals surface area contributed by atoms with E-state index in [1.807, 2.05) is 62.4 Å². The molecule has 1 amide bonds. The molecule has 1 aliphatic heterocycles. The number of amides is 1. The third kappa shape index (κ3) is 5.24. The molecule has 1 heterocycles. The highest BCUT2D eigenvalue weighted by atomic mass is 19.1. The van der Waals surface area contributed by atoms with Gasteiger partial charge in [-0.15, -0.1) is 0 Å². The summed E-state index contributed by atoms with van der Waals surface area (Å²) in [6.07, 6.45) is 4.97. The molecule has 0 fully saturated rings. The van der Waals surface area contributed by atoms with Crippen LogP contribution in [0.2, 0.25) is 0 Å². The van der Waals surface area contributed by atoms with Crippen LogP contribution in [0.25, 0.3) is 6.08 Å². The second kappa shape index (κ2) is 10.9. The van der Waals surface area contributed by atoms with Gasteiger partial charge in [0.05, 0.1) is 18.9 Å². The smallest absolute Gasteiger partial charge is 0.273 e. The van der Waals surface area contributed by atoms with Crippen LogP contribution in [0.4, 0.5) is 4.39 Å². The van der Waals surface area contributed by atoms with Crippen molar-refractivity contribution < 1.29 is 18.7 Å². The number of ether oxygens (including phenoxy) is 2. The zero-order chi connectivity index (χ0) is 25.8. The van der Waals surface area contributed by atoms with E-state index in [0.717, 1.165) is 53.2 Å². The molecule has 5 nitrogen and oxygen atoms in total. The minimum atomic E-state index is -0.369. The fourth-order valence-corrected chi connectivity index (χ4v) is 5.02. The highest BCUT2D eigenvalue weighted by molar-refractivity contribution is 5.95. The fourth-order valence-electron chi connectivity index (χ4n) is 5.02. The van der Waals surface area contributed by atoms with Crippen LogP contribution < -0.4 is 14.9 Å². The van der Waals surface area contributed by atoms with Crippen molar-refractivity contribution in [3.8, 4) is 11.5 Å². The van der Waals surface area contributed by atoms with Crippen molar-refractivity contribution in [2.24, 2.45) is 0 Å². The number of rotatable bonds is 7. The molecule has 0 unspecified atom stereocenters. The van der Waals surface area contributed by atoms with Gasteiger partial charge >= 0.3 is 0 Å². The molecular formula is C31H31FN2O3. The van der Waals surface area contributed by atoms with E-state index in [-0.39, 0.29) is 17.8 Å². The maximum absolute atomic E-state index is 13.7. The summed E-state index contributed by atoms with van der Waals surface area (Å²) in [4.78, 5) is 13.7. The normalized spacial score (nSPS) is 18.0. The topological polar surface area (TPSA) is 50.8 Å². The third-order valence-corrected chi connectivity index (χ3v) is 6.70. The van der Waals surface area contributed by atoms with Crippen molar-refractivity contribution in [1.29, 1.82) is 0 Å². The van der Waals surface area contributed by atoms with E-state index in [1.165, 1.54) is 29.8 Å². The Hall–Kier alpha value is -4.06. The molecule has 1 N–H and O–H groups in total. The van der Waals surface area contributed by atoms with E-state index < -0.39 is 0 Å². The van der Waals surface area contributed by atoms with E-state index >= 15 is 0 Å². The molecule has 0 spiro atoms. The van der Waals surface area contributed by atoms with Gasteiger partial charge in [-0.1, -0.05) is 24.3 Å². The second-order valence-corrected chi connectivity index (χ2v) is 9.12. The first-order valence-electron chi connectivity index (χ1n) is 12.8. The van der Waals surface area contributed by atoms with Crippen LogP contribution in [0.1, 0.15) is 60.6 Å². The second-order valence-electron chi connectivity index (χ2n) is 9.12. The van der Waals surface area contributed by atoms with E-state index in [9.17, 15) is 9.18 Å². The van der Waals surface area contributed by atoms with Crippen molar-refractivity contribution in [2.75, 3.05) is 13.2 Å². The maximum atomic E-state index is 13.7. The van der Waals surface area contributed by atoms with Gasteiger partial charge in [-0.3, -0.25) is 10.2 Å². The molecule has 3 aromatic rings. The largest absolute Gasteiger partial charge is 0.494 e. The Morgan fingerprint density at radius 3 is 2.16 bits per heavy atom. The Balaban J connectivity index is 1.52. The monoisotopic (exact) mass is 498 g/mol. The van der Waals surface area contributed by atoms with Crippen LogP contribution in [-0.4, -0.2) is 24.1 Å². The van der Waals surface area contributed by atoms with Crippen molar-refractivity contribution in [1.82, 2.24) is 10.4 Å². The number of benzene rings is 3. The molecule has 0 bridgehead atoms. The Morgan fingerprint density at radius 2 is 1.54 bits per heavy atom. The molecular weight excluding hydrogens is 467 g/mol. The minimum Gasteiger partial charge on any atom is -0.494 e. The Morgan fingerprint density at radius 1 is 0.919 bits per heavy atom. The van der Waals surface area contributed by atoms with Crippen LogP contribution >= 0.6 is 0 Å². The minimum absolute atomic E-state index is 0.200. The van der Waals surface area contributed by atoms with Crippen LogP contribution in [0.5, 0.6) is 11.5 Å². The van der Waals surface area contributed by atoms with Gasteiger partial charge in [-0.25, -0.2) is 9.40 Å². The lowest BCUT2D eigenvalue weighted by molar-refractivity contribution is 0.0656. The van der Waals surface area contributed by atoms with Crippen molar-refractivity contribution in [3.05, 3.63) is 112 Å². The van der Waals surface area contributed by atoms with E-state index in [4.69, 9.17) is 9.47 Å². The summed E-state index contributed by atoms with van der Waals surface area (Å²) >= 11 is 0. The number of carbonyl (C=O) groups is 1. The van der Waals surface area contributed by atoms with Crippen LogP contribution in [0.3, 0.4) is 0 Å². The first kappa shape index (κ1) is 24.6. The quantitative estimate of drug-likeness (QED) is 0.387. The first-order valence-corrected chi connectivity index (χ1v) is 12.8. The molecule has 6 heteroatoms. The molecule has 3 aromatic carbocycles. The molecule has 1 aliphatic carbocycles. The van der Waals surface area contributed by atoms with Crippen LogP contribution in [-0.2, 0) is 0 Å². The summed E-state index contributed by atoms with van der Waals surface area (Å²) in [6.45, 7) is 5.15. The molecule has 190 valence electrons. The summed E-state index contributed by atoms with van der Waals surface area (Å²) in [5, 5.41) is 1.69. The number of hydrogen-bond donors (Lipinski definition) is 1. The highest BCUT2D eigenvalue weighted by Gasteiger charge is 2.39. The number of hydrazine groups is 1. The van der Waals surface area contributed by atoms with Crippen LogP contribution in [0, 0.1) is 5.82 Å². The first-order chi connectivity index (χ1) is 18.1. The zero-order valence-electron chi connectivity index (χ0n) is 21.2. The Bertz CT molecular complexity index is 1310. The summed E-state index contributed by atoms with van der Waals surface area (Å²) in [7, 11) is 0. The highest BCUT2D eigenvalue weighted by Crippen LogP contribution is 2.44. The van der Waals surface area contributed by atoms with Gasteiger partial charge < -0.3 is 9.47 Å². The van der Waals surface area contributed by atoms with Gasteiger partial charge in [0, 0.05) is 5.56 Å². The third-order valence-electron chi connectivity index (χ3n) is 6.70. The zero-order valence-corrected chi connectivity index (χ0v) is 21.2. The number of hydrogen-bond acceptors (Lipinski definition) is 4. The number of halogens is 1. The van der Waals surface area contributed by atoms with Gasteiger partial charge in [-0.2, -0.15) is 0 Å². The SMILES string of the molecule is CCOc1ccc(/C=C2\CCCC3=C2NN(C(=O)c2ccc(F)cc2)[C@@H]3c2ccc(OCC)cc2)cc1. The van der Waals surface area contributed by atoms with Crippen LogP contribution in [0.15, 0.2) is 89.6 Å². The molecule has 0 radical (unpaired) electrons. The Labute approximate surface area is 217 Å². The summed E-state index contributed by atoms with van der Waals surface area (Å²) in [6, 6.07) is 21.4. The lowest BCUT2D eigenvalue weighted by Gasteiger charge is -2.27. The molecule has 0 aromatic heterocycles. The van der Waals surface area contributed by atoms with Gasteiger partial charge in [-0.05, 0) is 110 Å². The van der Waals surface area contributed by atoms with Gasteiger partial charge in [0.1, 0.15) is 23.4 Å². The summed E-state index contributed by atoms with van der Waals surface area (Å²) in [5.41, 5.74) is 9.29. The predicted octanol–water partition coefficient (Wildman–Crippen LogP) is 6.85. The average molecular weight is 499 g/mol. The molecule has 37 heavy (non-hydrogen) atoms. The lowest BCUT2D eigenvalue weighted by Crippen LogP contribution is -2.40. The van der Waals surface area contributed by atoms with Crippen molar-refractivity contribution in [2.45, 2.75) is 39.2 Å². The van der Waals surface area contributed by atoms with E-state index in [1.54, 1.807) is 5.01 Å². The van der Waals surface area contributed by atoms with Crippen molar-refractivity contribution >= 4 is 12.0 Å². The van der Waals surface area contributed by atoms with E-state index in [0.29, 0.717) is 18.8 Å². The number of carbonyl (C=O) groups excluding carboxylic acids is 1. The lowest BCUT2D eigenvalue weighted by atomic mass is 9.85. The van der Waals surface area contributed by atoms with Gasteiger partial charge in [0.15, 0.2) is 0 Å². The van der Waals surface area contributed by atoms with Gasteiger partial charge in [0.25, 0.3) is 5.91 Å². The molecule has 5 rings (SSSR count). The number of nitrogens with zero attached hydrogens (tertiary/aromatic N) is 1. The number of allylic oxidation sites excluding steroid dienone is 1. The predicted molar refractivity (Wildman–Crippen MR) is 143 cm³/mol. The standard InChI is InChI=1S/C31H31FN2O3/c1-3-36-26-16-8-21(9-17-26)20-24-6-5-7-28-29(24)33-34(31(35)23-10-14-25(32)15-11-23)30(28)22-12-18-27(19-13-22)37-4-2/h8-20,30,33H,3-7H2,1-2H3/b24-20+/t30-/m1/s1. The summed E-state index contributed by atoms with van der Waals surface area (Å²) < 4.78 is 24.8. The maximum Gasteiger partial charge on any atom is 0.273 e. The van der Waals surface area contributed by atoms with Crippen molar-refractivity contribution in [3.63, 3.8) is 0 Å². The van der Waals surface area contributed by atoms with Gasteiger partial charge in [0.2, 0.25) is 0 Å². The fraction of sp³-hybridized carbons (Fsp3) is 0.258. The molecule has 0 saturated heterocycles. The molecule has 2 aliphatic rings. The molecule has 0 saturated carbocycles. The summed E-state index contributed by atoms with van der Waals surface area (Å²) in [5.74, 6) is 1.07. The average Bonchev–Trinajstić information content (AvgIpc) is 3.31. The van der Waals surface area contributed by atoms with E-state index in [2.05, 4.69) is 11.5 Å².